The molecule has 0 saturated carbocycles. The molecule has 1 saturated heterocycles. The topological polar surface area (TPSA) is 35.9 Å². The predicted molar refractivity (Wildman–Crippen MR) is 107 cm³/mol. The summed E-state index contributed by atoms with van der Waals surface area (Å²) in [6.45, 7) is 9.03. The zero-order valence-electron chi connectivity index (χ0n) is 16.2. The molecule has 1 aliphatic rings. The molecule has 0 amide bonds. The summed E-state index contributed by atoms with van der Waals surface area (Å²) in [6, 6.07) is 13.0. The van der Waals surface area contributed by atoms with Crippen molar-refractivity contribution in [3.05, 3.63) is 65.0 Å². The van der Waals surface area contributed by atoms with E-state index in [0.717, 1.165) is 26.2 Å². The Balaban J connectivity index is 1.41. The maximum Gasteiger partial charge on any atom is 0.128 e. The van der Waals surface area contributed by atoms with Crippen molar-refractivity contribution in [2.24, 2.45) is 0 Å². The van der Waals surface area contributed by atoms with Crippen LogP contribution in [0.15, 0.2) is 42.5 Å². The first kappa shape index (κ1) is 19.8. The Morgan fingerprint density at radius 1 is 1.04 bits per heavy atom. The van der Waals surface area contributed by atoms with Crippen LogP contribution in [0.4, 0.5) is 10.1 Å². The van der Waals surface area contributed by atoms with Crippen molar-refractivity contribution < 1.29 is 14.2 Å². The van der Waals surface area contributed by atoms with Crippen molar-refractivity contribution in [1.82, 2.24) is 4.90 Å². The van der Waals surface area contributed by atoms with Gasteiger partial charge >= 0.3 is 0 Å². The van der Waals surface area contributed by atoms with Crippen LogP contribution in [-0.2, 0) is 11.3 Å². The van der Waals surface area contributed by atoms with Crippen molar-refractivity contribution in [1.29, 1.82) is 0 Å². The molecule has 1 heterocycles. The van der Waals surface area contributed by atoms with E-state index < -0.39 is 6.10 Å². The Bertz CT molecular complexity index is 745. The van der Waals surface area contributed by atoms with E-state index in [2.05, 4.69) is 41.8 Å². The van der Waals surface area contributed by atoms with Crippen molar-refractivity contribution in [2.75, 3.05) is 44.2 Å². The molecule has 0 aliphatic carbocycles. The van der Waals surface area contributed by atoms with Gasteiger partial charge in [-0.15, -0.1) is 0 Å². The molecular weight excluding hydrogens is 343 g/mol. The average molecular weight is 372 g/mol. The minimum atomic E-state index is -0.566. The highest BCUT2D eigenvalue weighted by atomic mass is 19.1. The van der Waals surface area contributed by atoms with Crippen molar-refractivity contribution in [2.45, 2.75) is 26.6 Å². The lowest BCUT2D eigenvalue weighted by Gasteiger charge is -2.37. The summed E-state index contributed by atoms with van der Waals surface area (Å²) in [5.41, 5.74) is 4.49. The lowest BCUT2D eigenvalue weighted by atomic mass is 10.1. The summed E-state index contributed by atoms with van der Waals surface area (Å²) >= 11 is 0. The fourth-order valence-electron chi connectivity index (χ4n) is 3.52. The van der Waals surface area contributed by atoms with Crippen molar-refractivity contribution in [3.63, 3.8) is 0 Å². The number of benzene rings is 2. The number of rotatable bonds is 7. The lowest BCUT2D eigenvalue weighted by Crippen LogP contribution is -2.49. The summed E-state index contributed by atoms with van der Waals surface area (Å²) in [7, 11) is 0. The van der Waals surface area contributed by atoms with Crippen LogP contribution in [0.2, 0.25) is 0 Å². The van der Waals surface area contributed by atoms with Gasteiger partial charge in [-0.25, -0.2) is 4.39 Å². The second-order valence-electron chi connectivity index (χ2n) is 7.27. The maximum atomic E-state index is 13.6. The van der Waals surface area contributed by atoms with Gasteiger partial charge in [0.15, 0.2) is 0 Å². The lowest BCUT2D eigenvalue weighted by molar-refractivity contribution is 0.00838. The Morgan fingerprint density at radius 2 is 1.78 bits per heavy atom. The Kier molecular flexibility index (Phi) is 6.83. The van der Waals surface area contributed by atoms with Crippen LogP contribution >= 0.6 is 0 Å². The molecule has 27 heavy (non-hydrogen) atoms. The summed E-state index contributed by atoms with van der Waals surface area (Å²) in [5.74, 6) is -0.269. The van der Waals surface area contributed by atoms with Gasteiger partial charge in [0.2, 0.25) is 0 Å². The molecule has 1 N–H and O–H groups in total. The molecular formula is C22H29FN2O2. The van der Waals surface area contributed by atoms with Crippen LogP contribution in [0.3, 0.4) is 0 Å². The third-order valence-corrected chi connectivity index (χ3v) is 5.28. The number of aliphatic hydroxyl groups is 1. The maximum absolute atomic E-state index is 13.6. The highest BCUT2D eigenvalue weighted by Gasteiger charge is 2.20. The first-order valence-electron chi connectivity index (χ1n) is 9.57. The number of hydrogen-bond acceptors (Lipinski definition) is 4. The van der Waals surface area contributed by atoms with Crippen LogP contribution in [0.5, 0.6) is 0 Å². The highest BCUT2D eigenvalue weighted by molar-refractivity contribution is 5.56. The van der Waals surface area contributed by atoms with E-state index in [4.69, 9.17) is 4.74 Å². The van der Waals surface area contributed by atoms with Gasteiger partial charge in [-0.1, -0.05) is 30.3 Å². The van der Waals surface area contributed by atoms with E-state index in [1.54, 1.807) is 18.2 Å². The molecule has 1 atom stereocenters. The van der Waals surface area contributed by atoms with E-state index in [0.29, 0.717) is 12.1 Å². The van der Waals surface area contributed by atoms with Gasteiger partial charge in [0.25, 0.3) is 0 Å². The third-order valence-electron chi connectivity index (χ3n) is 5.28. The standard InChI is InChI=1S/C22H29FN2O2/c1-17-6-5-9-22(18(17)2)25-12-10-24(11-13-25)14-20(26)16-27-15-19-7-3-4-8-21(19)23/h3-9,20,26H,10-16H2,1-2H3. The fraction of sp³-hybridized carbons (Fsp3) is 0.455. The molecule has 1 unspecified atom stereocenters. The number of nitrogens with zero attached hydrogens (tertiary/aromatic N) is 2. The normalized spacial score (nSPS) is 16.5. The van der Waals surface area contributed by atoms with Gasteiger partial charge in [0.05, 0.1) is 19.3 Å². The average Bonchev–Trinajstić information content (AvgIpc) is 2.66. The Hall–Kier alpha value is -1.95. The summed E-state index contributed by atoms with van der Waals surface area (Å²) in [4.78, 5) is 4.68. The number of aliphatic hydroxyl groups excluding tert-OH is 1. The van der Waals surface area contributed by atoms with Crippen LogP contribution < -0.4 is 4.90 Å². The van der Waals surface area contributed by atoms with Crippen LogP contribution in [0.1, 0.15) is 16.7 Å². The van der Waals surface area contributed by atoms with Crippen LogP contribution in [0.25, 0.3) is 0 Å². The smallest absolute Gasteiger partial charge is 0.128 e. The van der Waals surface area contributed by atoms with Gasteiger partial charge in [-0.05, 0) is 37.1 Å². The van der Waals surface area contributed by atoms with Crippen LogP contribution in [0, 0.1) is 19.7 Å². The van der Waals surface area contributed by atoms with Gasteiger partial charge in [0.1, 0.15) is 5.82 Å². The first-order chi connectivity index (χ1) is 13.0. The molecule has 0 aromatic heterocycles. The number of aryl methyl sites for hydroxylation is 1. The zero-order chi connectivity index (χ0) is 19.2. The molecule has 1 aliphatic heterocycles. The number of hydrogen-bond donors (Lipinski definition) is 1. The van der Waals surface area contributed by atoms with Gasteiger partial charge in [-0.2, -0.15) is 0 Å². The molecule has 3 rings (SSSR count). The minimum absolute atomic E-state index is 0.185. The van der Waals surface area contributed by atoms with Gasteiger partial charge < -0.3 is 14.7 Å². The molecule has 5 heteroatoms. The van der Waals surface area contributed by atoms with Gasteiger partial charge in [-0.3, -0.25) is 4.90 Å². The largest absolute Gasteiger partial charge is 0.389 e. The number of anilines is 1. The Morgan fingerprint density at radius 3 is 2.52 bits per heavy atom. The molecule has 146 valence electrons. The number of halogens is 1. The predicted octanol–water partition coefficient (Wildman–Crippen LogP) is 3.14. The summed E-state index contributed by atoms with van der Waals surface area (Å²) in [5, 5.41) is 10.2. The van der Waals surface area contributed by atoms with E-state index in [-0.39, 0.29) is 19.0 Å². The molecule has 0 bridgehead atoms. The van der Waals surface area contributed by atoms with Gasteiger partial charge in [0, 0.05) is 44.0 Å². The molecule has 4 nitrogen and oxygen atoms in total. The number of ether oxygens (including phenoxy) is 1. The third kappa shape index (κ3) is 5.28. The van der Waals surface area contributed by atoms with E-state index in [1.165, 1.54) is 22.9 Å². The molecule has 0 spiro atoms. The van der Waals surface area contributed by atoms with Crippen LogP contribution in [-0.4, -0.2) is 55.4 Å². The molecule has 2 aromatic carbocycles. The molecule has 2 aromatic rings. The Labute approximate surface area is 161 Å². The van der Waals surface area contributed by atoms with Crippen molar-refractivity contribution >= 4 is 5.69 Å². The molecule has 1 fully saturated rings. The second kappa shape index (κ2) is 9.31. The van der Waals surface area contributed by atoms with Crippen molar-refractivity contribution in [3.8, 4) is 0 Å². The van der Waals surface area contributed by atoms with E-state index in [1.807, 2.05) is 0 Å². The van der Waals surface area contributed by atoms with E-state index in [9.17, 15) is 9.50 Å². The number of piperazine rings is 1. The quantitative estimate of drug-likeness (QED) is 0.810. The summed E-state index contributed by atoms with van der Waals surface area (Å²) < 4.78 is 19.1. The monoisotopic (exact) mass is 372 g/mol. The highest BCUT2D eigenvalue weighted by Crippen LogP contribution is 2.23. The zero-order valence-corrected chi connectivity index (χ0v) is 16.2. The SMILES string of the molecule is Cc1cccc(N2CCN(CC(O)COCc3ccccc3F)CC2)c1C. The number of β-amino-alcohol motifs (C(OH)–C–C–N with tert-alkyl or cyclic N) is 1. The second-order valence-corrected chi connectivity index (χ2v) is 7.27. The molecule has 0 radical (unpaired) electrons. The first-order valence-corrected chi connectivity index (χ1v) is 9.57. The minimum Gasteiger partial charge on any atom is -0.389 e. The summed E-state index contributed by atoms with van der Waals surface area (Å²) in [6.07, 6.45) is -0.566. The fourth-order valence-corrected chi connectivity index (χ4v) is 3.52. The van der Waals surface area contributed by atoms with E-state index >= 15 is 0 Å².